The molecule has 2 nitrogen and oxygen atoms in total. The van der Waals surface area contributed by atoms with Gasteiger partial charge in [-0.3, -0.25) is 0 Å². The highest BCUT2D eigenvalue weighted by Crippen LogP contribution is 2.52. The molecule has 0 unspecified atom stereocenters. The zero-order chi connectivity index (χ0) is 32.7. The molecule has 0 spiro atoms. The van der Waals surface area contributed by atoms with Gasteiger partial charge in [-0.1, -0.05) is 135 Å². The lowest BCUT2D eigenvalue weighted by atomic mass is 9.82. The van der Waals surface area contributed by atoms with E-state index in [1.54, 1.807) is 0 Å². The van der Waals surface area contributed by atoms with Crippen molar-refractivity contribution in [1.29, 1.82) is 0 Å². The van der Waals surface area contributed by atoms with Crippen molar-refractivity contribution in [2.75, 3.05) is 4.90 Å². The average Bonchev–Trinajstić information content (AvgIpc) is 3.63. The number of rotatable bonds is 4. The molecular formula is C47H33NO. The summed E-state index contributed by atoms with van der Waals surface area (Å²) in [6.45, 7) is 4.69. The Bertz CT molecular complexity index is 2750. The summed E-state index contributed by atoms with van der Waals surface area (Å²) < 4.78 is 7.01. The van der Waals surface area contributed by atoms with Gasteiger partial charge in [-0.2, -0.15) is 0 Å². The molecular weight excluding hydrogens is 595 g/mol. The fourth-order valence-electron chi connectivity index (χ4n) is 8.16. The Labute approximate surface area is 285 Å². The zero-order valence-electron chi connectivity index (χ0n) is 27.4. The van der Waals surface area contributed by atoms with Crippen LogP contribution < -0.4 is 4.90 Å². The van der Waals surface area contributed by atoms with Gasteiger partial charge in [-0.05, 0) is 97.4 Å². The second-order valence-electron chi connectivity index (χ2n) is 13.8. The summed E-state index contributed by atoms with van der Waals surface area (Å²) in [7, 11) is 0. The minimum atomic E-state index is -0.122. The first-order chi connectivity index (χ1) is 24.0. The van der Waals surface area contributed by atoms with Crippen LogP contribution >= 0.6 is 0 Å². The Balaban J connectivity index is 1.28. The van der Waals surface area contributed by atoms with Crippen LogP contribution in [0.1, 0.15) is 25.0 Å². The van der Waals surface area contributed by atoms with Crippen molar-refractivity contribution in [3.8, 4) is 22.3 Å². The summed E-state index contributed by atoms with van der Waals surface area (Å²) >= 11 is 0. The monoisotopic (exact) mass is 627 g/mol. The topological polar surface area (TPSA) is 16.4 Å². The summed E-state index contributed by atoms with van der Waals surface area (Å²) in [5, 5.41) is 7.05. The smallest absolute Gasteiger partial charge is 0.160 e. The van der Waals surface area contributed by atoms with Crippen molar-refractivity contribution >= 4 is 60.5 Å². The molecule has 1 aliphatic rings. The van der Waals surface area contributed by atoms with E-state index < -0.39 is 0 Å². The van der Waals surface area contributed by atoms with Crippen molar-refractivity contribution < 1.29 is 4.42 Å². The van der Waals surface area contributed by atoms with Crippen LogP contribution in [-0.4, -0.2) is 0 Å². The predicted octanol–water partition coefficient (Wildman–Crippen LogP) is 13.3. The van der Waals surface area contributed by atoms with Crippen LogP contribution in [-0.2, 0) is 5.41 Å². The van der Waals surface area contributed by atoms with Gasteiger partial charge in [-0.25, -0.2) is 0 Å². The molecule has 9 aromatic rings. The van der Waals surface area contributed by atoms with E-state index in [-0.39, 0.29) is 5.41 Å². The maximum absolute atomic E-state index is 7.01. The molecule has 0 amide bonds. The molecule has 1 aromatic heterocycles. The summed E-state index contributed by atoms with van der Waals surface area (Å²) in [4.78, 5) is 2.39. The van der Waals surface area contributed by atoms with E-state index in [2.05, 4.69) is 183 Å². The largest absolute Gasteiger partial charge is 0.454 e. The second kappa shape index (κ2) is 10.4. The molecule has 0 atom stereocenters. The Morgan fingerprint density at radius 2 is 1.08 bits per heavy atom. The first-order valence-corrected chi connectivity index (χ1v) is 17.0. The lowest BCUT2D eigenvalue weighted by Crippen LogP contribution is -2.16. The average molecular weight is 628 g/mol. The Hall–Kier alpha value is -6.12. The third kappa shape index (κ3) is 4.20. The van der Waals surface area contributed by atoms with Gasteiger partial charge in [0, 0.05) is 27.6 Å². The quantitative estimate of drug-likeness (QED) is 0.193. The fraction of sp³-hybridized carbons (Fsp3) is 0.0638. The van der Waals surface area contributed by atoms with Crippen LogP contribution in [0.4, 0.5) is 17.1 Å². The highest BCUT2D eigenvalue weighted by atomic mass is 16.3. The molecule has 1 heterocycles. The lowest BCUT2D eigenvalue weighted by Gasteiger charge is -2.28. The molecule has 0 N–H and O–H groups in total. The summed E-state index contributed by atoms with van der Waals surface area (Å²) in [6.07, 6.45) is 0. The SMILES string of the molecule is CC1(C)c2ccccc2-c2ccc(N(c3ccc4ccccc4c3)c3ccc(-c4ccccc4)c4c3oc3cc5ccccc5cc34)cc21. The van der Waals surface area contributed by atoms with Crippen LogP contribution in [0.15, 0.2) is 168 Å². The Morgan fingerprint density at radius 1 is 0.469 bits per heavy atom. The van der Waals surface area contributed by atoms with E-state index in [1.165, 1.54) is 49.4 Å². The number of fused-ring (bicyclic) bond motifs is 8. The molecule has 0 saturated carbocycles. The van der Waals surface area contributed by atoms with E-state index >= 15 is 0 Å². The van der Waals surface area contributed by atoms with Crippen molar-refractivity contribution in [2.45, 2.75) is 19.3 Å². The van der Waals surface area contributed by atoms with Gasteiger partial charge in [0.1, 0.15) is 5.58 Å². The number of hydrogen-bond donors (Lipinski definition) is 0. The molecule has 232 valence electrons. The van der Waals surface area contributed by atoms with Gasteiger partial charge in [0.05, 0.1) is 5.69 Å². The normalized spacial score (nSPS) is 13.3. The number of furan rings is 1. The molecule has 8 aromatic carbocycles. The van der Waals surface area contributed by atoms with Crippen molar-refractivity contribution in [3.05, 3.63) is 175 Å². The van der Waals surface area contributed by atoms with Crippen molar-refractivity contribution in [2.24, 2.45) is 0 Å². The van der Waals surface area contributed by atoms with Gasteiger partial charge < -0.3 is 9.32 Å². The molecule has 49 heavy (non-hydrogen) atoms. The molecule has 10 rings (SSSR count). The number of benzene rings is 8. The van der Waals surface area contributed by atoms with Crippen LogP contribution in [0.5, 0.6) is 0 Å². The molecule has 0 aliphatic heterocycles. The predicted molar refractivity (Wildman–Crippen MR) is 206 cm³/mol. The van der Waals surface area contributed by atoms with Crippen LogP contribution in [0, 0.1) is 0 Å². The van der Waals surface area contributed by atoms with Crippen molar-refractivity contribution in [1.82, 2.24) is 0 Å². The summed E-state index contributed by atoms with van der Waals surface area (Å²) in [6, 6.07) is 59.4. The van der Waals surface area contributed by atoms with Crippen molar-refractivity contribution in [3.63, 3.8) is 0 Å². The Morgan fingerprint density at radius 3 is 1.90 bits per heavy atom. The molecule has 2 heteroatoms. The minimum Gasteiger partial charge on any atom is -0.454 e. The molecule has 1 aliphatic carbocycles. The van der Waals surface area contributed by atoms with Crippen LogP contribution in [0.25, 0.3) is 65.7 Å². The number of anilines is 3. The van der Waals surface area contributed by atoms with Gasteiger partial charge in [0.15, 0.2) is 5.58 Å². The maximum Gasteiger partial charge on any atom is 0.160 e. The van der Waals surface area contributed by atoms with E-state index in [0.29, 0.717) is 0 Å². The standard InChI is InChI=1S/C47H33NO/c1-47(2)41-19-11-10-18-38(41)39-23-22-36(29-42(39)47)48(35-21-20-30-12-6-7-15-32(30)26-35)43-25-24-37(31-13-4-3-5-14-31)45-40-27-33-16-8-9-17-34(33)28-44(40)49-46(43)45/h3-29H,1-2H3. The van der Waals surface area contributed by atoms with E-state index in [0.717, 1.165) is 44.6 Å². The first kappa shape index (κ1) is 27.9. The van der Waals surface area contributed by atoms with Gasteiger partial charge in [-0.15, -0.1) is 0 Å². The van der Waals surface area contributed by atoms with Gasteiger partial charge in [0.2, 0.25) is 0 Å². The lowest BCUT2D eigenvalue weighted by molar-refractivity contribution is 0.660. The van der Waals surface area contributed by atoms with Crippen LogP contribution in [0.2, 0.25) is 0 Å². The molecule has 0 fully saturated rings. The number of hydrogen-bond acceptors (Lipinski definition) is 2. The Kier molecular flexibility index (Phi) is 5.95. The highest BCUT2D eigenvalue weighted by Gasteiger charge is 2.36. The molecule has 0 saturated heterocycles. The zero-order valence-corrected chi connectivity index (χ0v) is 27.4. The maximum atomic E-state index is 7.01. The van der Waals surface area contributed by atoms with E-state index in [1.807, 2.05) is 0 Å². The highest BCUT2D eigenvalue weighted by molar-refractivity contribution is 6.19. The number of nitrogens with zero attached hydrogens (tertiary/aromatic N) is 1. The molecule has 0 radical (unpaired) electrons. The minimum absolute atomic E-state index is 0.122. The third-order valence-electron chi connectivity index (χ3n) is 10.6. The van der Waals surface area contributed by atoms with E-state index in [4.69, 9.17) is 4.42 Å². The van der Waals surface area contributed by atoms with E-state index in [9.17, 15) is 0 Å². The van der Waals surface area contributed by atoms with Gasteiger partial charge >= 0.3 is 0 Å². The van der Waals surface area contributed by atoms with Gasteiger partial charge in [0.25, 0.3) is 0 Å². The molecule has 0 bridgehead atoms. The van der Waals surface area contributed by atoms with Crippen LogP contribution in [0.3, 0.4) is 0 Å². The third-order valence-corrected chi connectivity index (χ3v) is 10.6. The summed E-state index contributed by atoms with van der Waals surface area (Å²) in [5.74, 6) is 0. The second-order valence-corrected chi connectivity index (χ2v) is 13.8. The first-order valence-electron chi connectivity index (χ1n) is 17.0. The fourth-order valence-corrected chi connectivity index (χ4v) is 8.16. The summed E-state index contributed by atoms with van der Waals surface area (Å²) in [5.41, 5.74) is 12.5.